The van der Waals surface area contributed by atoms with Crippen molar-refractivity contribution in [2.24, 2.45) is 5.92 Å². The summed E-state index contributed by atoms with van der Waals surface area (Å²) in [4.78, 5) is 27.0. The number of benzene rings is 1. The summed E-state index contributed by atoms with van der Waals surface area (Å²) >= 11 is 1.66. The molecule has 1 aliphatic heterocycles. The molecule has 0 radical (unpaired) electrons. The molecule has 1 aromatic carbocycles. The number of carbonyl (C=O) groups is 2. The second-order valence-electron chi connectivity index (χ2n) is 6.99. The lowest BCUT2D eigenvalue weighted by molar-refractivity contribution is -0.147. The Balaban J connectivity index is 2.13. The Hall–Kier alpha value is -1.69. The zero-order valence-corrected chi connectivity index (χ0v) is 17.0. The molecule has 1 saturated heterocycles. The molecule has 26 heavy (non-hydrogen) atoms. The fourth-order valence-corrected chi connectivity index (χ4v) is 4.54. The van der Waals surface area contributed by atoms with Gasteiger partial charge in [0, 0.05) is 11.4 Å². The first-order chi connectivity index (χ1) is 12.5. The van der Waals surface area contributed by atoms with Gasteiger partial charge in [0.15, 0.2) is 0 Å². The van der Waals surface area contributed by atoms with Crippen LogP contribution in [0.5, 0.6) is 0 Å². The molecular weight excluding hydrogens is 348 g/mol. The Morgan fingerprint density at radius 3 is 2.54 bits per heavy atom. The number of carbonyl (C=O) groups excluding carboxylic acids is 2. The summed E-state index contributed by atoms with van der Waals surface area (Å²) in [7, 11) is 0. The van der Waals surface area contributed by atoms with Gasteiger partial charge in [-0.15, -0.1) is 11.8 Å². The summed E-state index contributed by atoms with van der Waals surface area (Å²) in [6.07, 6.45) is 2.58. The molecule has 0 bridgehead atoms. The van der Waals surface area contributed by atoms with Crippen LogP contribution < -0.4 is 5.32 Å². The van der Waals surface area contributed by atoms with E-state index in [2.05, 4.69) is 26.1 Å². The Morgan fingerprint density at radius 2 is 1.96 bits per heavy atom. The maximum atomic E-state index is 12.9. The average Bonchev–Trinajstić information content (AvgIpc) is 3.03. The number of amides is 2. The largest absolute Gasteiger partial charge is 0.464 e. The van der Waals surface area contributed by atoms with Crippen LogP contribution in [-0.2, 0) is 16.0 Å². The van der Waals surface area contributed by atoms with Crippen LogP contribution in [0.3, 0.4) is 0 Å². The van der Waals surface area contributed by atoms with E-state index in [4.69, 9.17) is 4.74 Å². The highest BCUT2D eigenvalue weighted by Gasteiger charge is 2.42. The standard InChI is InChI=1S/C20H30N2O3S/c1-5-11-25-19(23)17-13-26-18(12-14(3)4)22(17)20(24)21-16-9-7-15(6-2)8-10-16/h7-10,14,17-18H,5-6,11-13H2,1-4H3,(H,21,24). The second kappa shape index (κ2) is 9.86. The molecule has 1 N–H and O–H groups in total. The highest BCUT2D eigenvalue weighted by atomic mass is 32.2. The number of anilines is 1. The van der Waals surface area contributed by atoms with Gasteiger partial charge in [0.05, 0.1) is 12.0 Å². The Kier molecular flexibility index (Phi) is 7.82. The number of thioether (sulfide) groups is 1. The van der Waals surface area contributed by atoms with Crippen LogP contribution in [-0.4, -0.2) is 40.7 Å². The van der Waals surface area contributed by atoms with Gasteiger partial charge in [0.25, 0.3) is 0 Å². The smallest absolute Gasteiger partial charge is 0.329 e. The summed E-state index contributed by atoms with van der Waals surface area (Å²) in [6.45, 7) is 8.70. The van der Waals surface area contributed by atoms with Gasteiger partial charge in [-0.05, 0) is 42.9 Å². The van der Waals surface area contributed by atoms with Crippen molar-refractivity contribution in [3.8, 4) is 0 Å². The maximum absolute atomic E-state index is 12.9. The molecule has 0 aromatic heterocycles. The van der Waals surface area contributed by atoms with Crippen molar-refractivity contribution in [2.75, 3.05) is 17.7 Å². The third kappa shape index (κ3) is 5.40. The van der Waals surface area contributed by atoms with Crippen molar-refractivity contribution >= 4 is 29.4 Å². The van der Waals surface area contributed by atoms with Crippen molar-refractivity contribution in [1.82, 2.24) is 4.90 Å². The van der Waals surface area contributed by atoms with Gasteiger partial charge >= 0.3 is 12.0 Å². The summed E-state index contributed by atoms with van der Waals surface area (Å²) < 4.78 is 5.32. The number of hydrogen-bond acceptors (Lipinski definition) is 4. The lowest BCUT2D eigenvalue weighted by atomic mass is 10.1. The van der Waals surface area contributed by atoms with E-state index in [1.807, 2.05) is 31.2 Å². The van der Waals surface area contributed by atoms with Crippen LogP contribution >= 0.6 is 11.8 Å². The van der Waals surface area contributed by atoms with Gasteiger partial charge in [-0.25, -0.2) is 9.59 Å². The van der Waals surface area contributed by atoms with Crippen LogP contribution in [0.2, 0.25) is 0 Å². The quantitative estimate of drug-likeness (QED) is 0.709. The monoisotopic (exact) mass is 378 g/mol. The van der Waals surface area contributed by atoms with Crippen molar-refractivity contribution < 1.29 is 14.3 Å². The first-order valence-electron chi connectivity index (χ1n) is 9.42. The minimum absolute atomic E-state index is 0.0101. The molecule has 6 heteroatoms. The van der Waals surface area contributed by atoms with Gasteiger partial charge in [0.2, 0.25) is 0 Å². The number of aryl methyl sites for hydroxylation is 1. The number of nitrogens with one attached hydrogen (secondary N) is 1. The minimum Gasteiger partial charge on any atom is -0.464 e. The zero-order chi connectivity index (χ0) is 19.1. The number of ether oxygens (including phenoxy) is 1. The Morgan fingerprint density at radius 1 is 1.27 bits per heavy atom. The third-order valence-electron chi connectivity index (χ3n) is 4.33. The SMILES string of the molecule is CCCOC(=O)C1CSC(CC(C)C)N1C(=O)Nc1ccc(CC)cc1. The van der Waals surface area contributed by atoms with E-state index in [1.54, 1.807) is 16.7 Å². The molecule has 1 fully saturated rings. The molecule has 0 aliphatic carbocycles. The lowest BCUT2D eigenvalue weighted by Crippen LogP contribution is -2.48. The molecule has 1 aliphatic rings. The van der Waals surface area contributed by atoms with Crippen LogP contribution in [0, 0.1) is 5.92 Å². The van der Waals surface area contributed by atoms with E-state index < -0.39 is 6.04 Å². The van der Waals surface area contributed by atoms with Crippen LogP contribution in [0.1, 0.15) is 46.1 Å². The molecule has 2 unspecified atom stereocenters. The zero-order valence-electron chi connectivity index (χ0n) is 16.2. The van der Waals surface area contributed by atoms with E-state index in [0.717, 1.165) is 24.9 Å². The Labute approximate surface area is 160 Å². The van der Waals surface area contributed by atoms with Crippen LogP contribution in [0.25, 0.3) is 0 Å². The Bertz CT molecular complexity index is 604. The van der Waals surface area contributed by atoms with Gasteiger partial charge in [-0.3, -0.25) is 4.90 Å². The van der Waals surface area contributed by atoms with E-state index in [0.29, 0.717) is 18.3 Å². The molecular formula is C20H30N2O3S. The first-order valence-corrected chi connectivity index (χ1v) is 10.5. The predicted molar refractivity (Wildman–Crippen MR) is 107 cm³/mol. The molecule has 2 rings (SSSR count). The first kappa shape index (κ1) is 20.6. The highest BCUT2D eigenvalue weighted by molar-refractivity contribution is 8.00. The molecule has 1 aromatic rings. The summed E-state index contributed by atoms with van der Waals surface area (Å²) in [6, 6.07) is 7.07. The van der Waals surface area contributed by atoms with E-state index in [9.17, 15) is 9.59 Å². The van der Waals surface area contributed by atoms with Crippen molar-refractivity contribution in [3.05, 3.63) is 29.8 Å². The highest BCUT2D eigenvalue weighted by Crippen LogP contribution is 2.34. The molecule has 0 saturated carbocycles. The van der Waals surface area contributed by atoms with Crippen LogP contribution in [0.4, 0.5) is 10.5 Å². The van der Waals surface area contributed by atoms with Crippen molar-refractivity contribution in [3.63, 3.8) is 0 Å². The second-order valence-corrected chi connectivity index (χ2v) is 8.20. The lowest BCUT2D eigenvalue weighted by Gasteiger charge is -2.29. The normalized spacial score (nSPS) is 19.7. The van der Waals surface area contributed by atoms with Gasteiger partial charge in [-0.1, -0.05) is 39.8 Å². The number of rotatable bonds is 7. The van der Waals surface area contributed by atoms with E-state index in [1.165, 1.54) is 5.56 Å². The van der Waals surface area contributed by atoms with Gasteiger partial charge < -0.3 is 10.1 Å². The predicted octanol–water partition coefficient (Wildman–Crippen LogP) is 4.52. The number of hydrogen-bond donors (Lipinski definition) is 1. The number of urea groups is 1. The minimum atomic E-state index is -0.523. The summed E-state index contributed by atoms with van der Waals surface area (Å²) in [5, 5.41) is 2.94. The number of esters is 1. The molecule has 144 valence electrons. The van der Waals surface area contributed by atoms with Crippen molar-refractivity contribution in [1.29, 1.82) is 0 Å². The average molecular weight is 379 g/mol. The number of nitrogens with zero attached hydrogens (tertiary/aromatic N) is 1. The summed E-state index contributed by atoms with van der Waals surface area (Å²) in [5.74, 6) is 0.724. The van der Waals surface area contributed by atoms with E-state index >= 15 is 0 Å². The molecule has 0 spiro atoms. The summed E-state index contributed by atoms with van der Waals surface area (Å²) in [5.41, 5.74) is 1.96. The molecule has 1 heterocycles. The molecule has 2 amide bonds. The topological polar surface area (TPSA) is 58.6 Å². The van der Waals surface area contributed by atoms with Crippen molar-refractivity contribution in [2.45, 2.75) is 58.4 Å². The fraction of sp³-hybridized carbons (Fsp3) is 0.600. The van der Waals surface area contributed by atoms with Gasteiger partial charge in [0.1, 0.15) is 6.04 Å². The van der Waals surface area contributed by atoms with Crippen LogP contribution in [0.15, 0.2) is 24.3 Å². The molecule has 5 nitrogen and oxygen atoms in total. The van der Waals surface area contributed by atoms with Gasteiger partial charge in [-0.2, -0.15) is 0 Å². The maximum Gasteiger partial charge on any atom is 0.329 e. The van der Waals surface area contributed by atoms with E-state index in [-0.39, 0.29) is 17.4 Å². The third-order valence-corrected chi connectivity index (χ3v) is 5.65. The molecule has 2 atom stereocenters. The fourth-order valence-electron chi connectivity index (χ4n) is 2.91.